The van der Waals surface area contributed by atoms with Gasteiger partial charge in [0.2, 0.25) is 0 Å². The summed E-state index contributed by atoms with van der Waals surface area (Å²) < 4.78 is 0. The Kier molecular flexibility index (Phi) is 2.01. The molecule has 0 unspecified atom stereocenters. The van der Waals surface area contributed by atoms with Gasteiger partial charge in [0.15, 0.2) is 0 Å². The second-order valence-electron chi connectivity index (χ2n) is 2.96. The zero-order chi connectivity index (χ0) is 9.10. The maximum atomic E-state index is 3.85. The lowest BCUT2D eigenvalue weighted by molar-refractivity contribution is 1.02. The highest BCUT2D eigenvalue weighted by atomic mass is 14.9. The van der Waals surface area contributed by atoms with Crippen molar-refractivity contribution in [2.24, 2.45) is 0 Å². The smallest absolute Gasteiger partial charge is 0.0457 e. The third-order valence-corrected chi connectivity index (χ3v) is 1.94. The van der Waals surface area contributed by atoms with Gasteiger partial charge in [0.05, 0.1) is 0 Å². The van der Waals surface area contributed by atoms with Crippen LogP contribution in [0, 0.1) is 0 Å². The van der Waals surface area contributed by atoms with Gasteiger partial charge >= 0.3 is 0 Å². The largest absolute Gasteiger partial charge is 0.356 e. The molecule has 2 aliphatic rings. The fraction of sp³-hybridized carbons (Fsp3) is 0. The van der Waals surface area contributed by atoms with Crippen LogP contribution in [0.2, 0.25) is 0 Å². The molecule has 0 bridgehead atoms. The second kappa shape index (κ2) is 3.31. The quantitative estimate of drug-likeness (QED) is 0.587. The van der Waals surface area contributed by atoms with Crippen LogP contribution in [0.1, 0.15) is 0 Å². The van der Waals surface area contributed by atoms with Crippen molar-refractivity contribution in [1.29, 1.82) is 0 Å². The normalized spacial score (nSPS) is 26.9. The summed E-state index contributed by atoms with van der Waals surface area (Å²) in [6.07, 6.45) is 16.2. The molecule has 1 aliphatic carbocycles. The fourth-order valence-electron chi connectivity index (χ4n) is 1.29. The van der Waals surface area contributed by atoms with Crippen LogP contribution in [0.15, 0.2) is 72.2 Å². The van der Waals surface area contributed by atoms with Gasteiger partial charge in [-0.25, -0.2) is 0 Å². The van der Waals surface area contributed by atoms with E-state index in [1.165, 1.54) is 5.57 Å². The average Bonchev–Trinajstić information content (AvgIpc) is 2.08. The van der Waals surface area contributed by atoms with Crippen molar-refractivity contribution in [2.45, 2.75) is 0 Å². The van der Waals surface area contributed by atoms with E-state index < -0.39 is 0 Å². The summed E-state index contributed by atoms with van der Waals surface area (Å²) in [5.74, 6) is 0. The Morgan fingerprint density at radius 3 is 2.46 bits per heavy atom. The lowest BCUT2D eigenvalue weighted by Gasteiger charge is -2.15. The summed E-state index contributed by atoms with van der Waals surface area (Å²) in [5, 5.41) is 3.21. The number of nitrogens with one attached hydrogen (secondary N) is 1. The molecule has 1 heteroatoms. The van der Waals surface area contributed by atoms with Gasteiger partial charge in [-0.1, -0.05) is 43.0 Å². The minimum atomic E-state index is 0.932. The fourth-order valence-corrected chi connectivity index (χ4v) is 1.29. The van der Waals surface area contributed by atoms with Crippen LogP contribution in [0.4, 0.5) is 0 Å². The van der Waals surface area contributed by atoms with E-state index in [4.69, 9.17) is 0 Å². The summed E-state index contributed by atoms with van der Waals surface area (Å²) in [6.45, 7) is 3.85. The van der Waals surface area contributed by atoms with Gasteiger partial charge in [-0.15, -0.1) is 0 Å². The predicted octanol–water partition coefficient (Wildman–Crippen LogP) is 2.60. The zero-order valence-electron chi connectivity index (χ0n) is 7.33. The van der Waals surface area contributed by atoms with Crippen LogP contribution in [-0.2, 0) is 0 Å². The van der Waals surface area contributed by atoms with Gasteiger partial charge < -0.3 is 5.32 Å². The van der Waals surface area contributed by atoms with Gasteiger partial charge in [-0.05, 0) is 17.7 Å². The van der Waals surface area contributed by atoms with Crippen LogP contribution >= 0.6 is 0 Å². The zero-order valence-corrected chi connectivity index (χ0v) is 7.33. The molecule has 1 nitrogen and oxygen atoms in total. The monoisotopic (exact) mass is 169 g/mol. The van der Waals surface area contributed by atoms with Crippen LogP contribution in [-0.4, -0.2) is 0 Å². The molecule has 2 rings (SSSR count). The molecule has 0 aromatic rings. The van der Waals surface area contributed by atoms with Crippen molar-refractivity contribution in [3.05, 3.63) is 72.2 Å². The standard InChI is InChI=1S/C12H11N/c1-10-8-9-11-6-4-2-3-5-7-12(11)13-10/h2-9,13H,1H2/b3-2-,4-2?,5-3?,6-4-,7-5-,11-6?,12-7?. The molecule has 0 saturated carbocycles. The number of hydrogen-bond acceptors (Lipinski definition) is 1. The summed E-state index contributed by atoms with van der Waals surface area (Å²) in [5.41, 5.74) is 3.22. The van der Waals surface area contributed by atoms with E-state index in [1.54, 1.807) is 0 Å². The van der Waals surface area contributed by atoms with Crippen molar-refractivity contribution in [2.75, 3.05) is 0 Å². The Morgan fingerprint density at radius 2 is 1.62 bits per heavy atom. The van der Waals surface area contributed by atoms with Crippen LogP contribution < -0.4 is 5.32 Å². The summed E-state index contributed by atoms with van der Waals surface area (Å²) in [4.78, 5) is 0. The first-order valence-corrected chi connectivity index (χ1v) is 4.26. The molecule has 0 atom stereocenters. The number of allylic oxidation sites excluding steroid dienone is 9. The molecule has 0 fully saturated rings. The average molecular weight is 169 g/mol. The molecule has 0 radical (unpaired) electrons. The van der Waals surface area contributed by atoms with E-state index >= 15 is 0 Å². The van der Waals surface area contributed by atoms with Crippen molar-refractivity contribution in [1.82, 2.24) is 5.32 Å². The molecule has 13 heavy (non-hydrogen) atoms. The Labute approximate surface area is 78.2 Å². The summed E-state index contributed by atoms with van der Waals surface area (Å²) in [6, 6.07) is 0. The van der Waals surface area contributed by atoms with E-state index in [9.17, 15) is 0 Å². The predicted molar refractivity (Wildman–Crippen MR) is 55.9 cm³/mol. The molecule has 0 amide bonds. The molecule has 1 N–H and O–H groups in total. The number of rotatable bonds is 0. The lowest BCUT2D eigenvalue weighted by Crippen LogP contribution is -2.13. The number of dihydropyridines is 1. The third kappa shape index (κ3) is 1.70. The first-order valence-electron chi connectivity index (χ1n) is 4.26. The van der Waals surface area contributed by atoms with Crippen molar-refractivity contribution in [3.8, 4) is 0 Å². The van der Waals surface area contributed by atoms with E-state index in [0.717, 1.165) is 11.4 Å². The Balaban J connectivity index is 2.40. The molecular formula is C12H11N. The molecule has 64 valence electrons. The van der Waals surface area contributed by atoms with E-state index in [2.05, 4.69) is 24.0 Å². The Morgan fingerprint density at radius 1 is 0.846 bits per heavy atom. The van der Waals surface area contributed by atoms with Crippen LogP contribution in [0.25, 0.3) is 0 Å². The van der Waals surface area contributed by atoms with E-state index in [1.807, 2.05) is 36.5 Å². The molecule has 1 aliphatic heterocycles. The lowest BCUT2D eigenvalue weighted by atomic mass is 10.1. The van der Waals surface area contributed by atoms with Crippen LogP contribution in [0.3, 0.4) is 0 Å². The maximum absolute atomic E-state index is 3.85. The van der Waals surface area contributed by atoms with E-state index in [0.29, 0.717) is 0 Å². The molecular weight excluding hydrogens is 158 g/mol. The van der Waals surface area contributed by atoms with E-state index in [-0.39, 0.29) is 0 Å². The van der Waals surface area contributed by atoms with Crippen molar-refractivity contribution < 1.29 is 0 Å². The highest BCUT2D eigenvalue weighted by Gasteiger charge is 2.04. The SMILES string of the molecule is C=C1C=CC2=C(\C=C/C=C\C=C/2)N1. The molecule has 0 aromatic carbocycles. The number of hydrogen-bond donors (Lipinski definition) is 1. The Bertz CT molecular complexity index is 372. The van der Waals surface area contributed by atoms with Gasteiger partial charge in [-0.2, -0.15) is 0 Å². The maximum Gasteiger partial charge on any atom is 0.0457 e. The molecule has 0 aromatic heterocycles. The minimum Gasteiger partial charge on any atom is -0.356 e. The molecule has 0 saturated heterocycles. The highest BCUT2D eigenvalue weighted by Crippen LogP contribution is 2.16. The molecule has 0 spiro atoms. The topological polar surface area (TPSA) is 12.0 Å². The van der Waals surface area contributed by atoms with Crippen molar-refractivity contribution in [3.63, 3.8) is 0 Å². The molecule has 1 heterocycles. The first kappa shape index (κ1) is 7.87. The minimum absolute atomic E-state index is 0.932. The van der Waals surface area contributed by atoms with Gasteiger partial charge in [-0.3, -0.25) is 0 Å². The summed E-state index contributed by atoms with van der Waals surface area (Å²) in [7, 11) is 0. The van der Waals surface area contributed by atoms with Crippen molar-refractivity contribution >= 4 is 0 Å². The highest BCUT2D eigenvalue weighted by molar-refractivity contribution is 5.49. The van der Waals surface area contributed by atoms with Gasteiger partial charge in [0.1, 0.15) is 0 Å². The van der Waals surface area contributed by atoms with Gasteiger partial charge in [0.25, 0.3) is 0 Å². The second-order valence-corrected chi connectivity index (χ2v) is 2.96. The first-order chi connectivity index (χ1) is 6.36. The van der Waals surface area contributed by atoms with Crippen LogP contribution in [0.5, 0.6) is 0 Å². The van der Waals surface area contributed by atoms with Gasteiger partial charge in [0, 0.05) is 11.4 Å². The Hall–Kier alpha value is -1.76. The third-order valence-electron chi connectivity index (χ3n) is 1.94. The summed E-state index contributed by atoms with van der Waals surface area (Å²) >= 11 is 0.